The Morgan fingerprint density at radius 3 is 2.62 bits per heavy atom. The van der Waals surface area contributed by atoms with Crippen LogP contribution in [0.3, 0.4) is 0 Å². The molecule has 7 heteroatoms. The molecule has 1 heterocycles. The van der Waals surface area contributed by atoms with Crippen molar-refractivity contribution in [2.24, 2.45) is 0 Å². The highest BCUT2D eigenvalue weighted by atomic mass is 35.5. The lowest BCUT2D eigenvalue weighted by Crippen LogP contribution is -2.15. The van der Waals surface area contributed by atoms with Gasteiger partial charge in [-0.2, -0.15) is 0 Å². The van der Waals surface area contributed by atoms with E-state index in [-0.39, 0.29) is 0 Å². The molecule has 0 unspecified atom stereocenters. The fraction of sp³-hybridized carbons (Fsp3) is 0.286. The minimum absolute atomic E-state index is 0.324. The third-order valence-corrected chi connectivity index (χ3v) is 6.28. The minimum atomic E-state index is -3.53. The van der Waals surface area contributed by atoms with Crippen LogP contribution in [0.1, 0.15) is 18.4 Å². The van der Waals surface area contributed by atoms with E-state index in [0.717, 1.165) is 12.1 Å². The smallest absolute Gasteiger partial charge is 0.271 e. The molecule has 0 amide bonds. The van der Waals surface area contributed by atoms with Gasteiger partial charge in [-0.1, -0.05) is 11.6 Å². The lowest BCUT2D eigenvalue weighted by molar-refractivity contribution is 0.603. The first-order valence-corrected chi connectivity index (χ1v) is 9.36. The third kappa shape index (κ3) is 3.97. The summed E-state index contributed by atoms with van der Waals surface area (Å²) in [6, 6.07) is 8.92. The van der Waals surface area contributed by atoms with Crippen LogP contribution in [0.25, 0.3) is 0 Å². The Kier molecular flexibility index (Phi) is 4.21. The number of benzene rings is 1. The van der Waals surface area contributed by atoms with Gasteiger partial charge in [0, 0.05) is 23.3 Å². The van der Waals surface area contributed by atoms with Gasteiger partial charge in [0.05, 0.1) is 0 Å². The van der Waals surface area contributed by atoms with E-state index in [1.165, 1.54) is 24.2 Å². The van der Waals surface area contributed by atoms with E-state index in [1.807, 2.05) is 5.38 Å². The van der Waals surface area contributed by atoms with Crippen molar-refractivity contribution in [3.63, 3.8) is 0 Å². The number of thiophene rings is 1. The quantitative estimate of drug-likeness (QED) is 0.845. The van der Waals surface area contributed by atoms with Crippen molar-refractivity contribution >= 4 is 38.6 Å². The van der Waals surface area contributed by atoms with Crippen LogP contribution in [0.15, 0.2) is 39.9 Å². The SMILES string of the molecule is O=S(=O)(Nc1ccc(Cl)cc1)c1cc(CNC2CC2)cs1. The second-order valence-corrected chi connectivity index (χ2v) is 8.30. The highest BCUT2D eigenvalue weighted by Gasteiger charge is 2.21. The summed E-state index contributed by atoms with van der Waals surface area (Å²) in [6.07, 6.45) is 2.43. The van der Waals surface area contributed by atoms with Crippen LogP contribution in [0.2, 0.25) is 5.02 Å². The van der Waals surface area contributed by atoms with Crippen LogP contribution < -0.4 is 10.0 Å². The molecule has 0 saturated heterocycles. The van der Waals surface area contributed by atoms with E-state index in [2.05, 4.69) is 10.0 Å². The van der Waals surface area contributed by atoms with E-state index in [4.69, 9.17) is 11.6 Å². The molecule has 21 heavy (non-hydrogen) atoms. The molecule has 0 radical (unpaired) electrons. The second-order valence-electron chi connectivity index (χ2n) is 5.04. The predicted octanol–water partition coefficient (Wildman–Crippen LogP) is 3.45. The Morgan fingerprint density at radius 1 is 1.24 bits per heavy atom. The first-order valence-electron chi connectivity index (χ1n) is 6.62. The predicted molar refractivity (Wildman–Crippen MR) is 86.4 cm³/mol. The van der Waals surface area contributed by atoms with E-state index in [9.17, 15) is 8.42 Å². The molecule has 0 bridgehead atoms. The molecule has 4 nitrogen and oxygen atoms in total. The highest BCUT2D eigenvalue weighted by molar-refractivity contribution is 7.94. The van der Waals surface area contributed by atoms with Gasteiger partial charge in [0.1, 0.15) is 4.21 Å². The summed E-state index contributed by atoms with van der Waals surface area (Å²) in [4.78, 5) is 0. The van der Waals surface area contributed by atoms with Crippen molar-refractivity contribution < 1.29 is 8.42 Å². The maximum Gasteiger partial charge on any atom is 0.271 e. The Labute approximate surface area is 133 Å². The largest absolute Gasteiger partial charge is 0.310 e. The van der Waals surface area contributed by atoms with Gasteiger partial charge in [0.25, 0.3) is 10.0 Å². The summed E-state index contributed by atoms with van der Waals surface area (Å²) in [7, 11) is -3.53. The summed E-state index contributed by atoms with van der Waals surface area (Å²) in [6.45, 7) is 0.720. The molecule has 1 aliphatic carbocycles. The molecule has 1 saturated carbocycles. The number of anilines is 1. The Balaban J connectivity index is 1.69. The van der Waals surface area contributed by atoms with Gasteiger partial charge in [-0.25, -0.2) is 8.42 Å². The lowest BCUT2D eigenvalue weighted by Gasteiger charge is -2.06. The van der Waals surface area contributed by atoms with Crippen LogP contribution in [0.4, 0.5) is 5.69 Å². The first-order chi connectivity index (χ1) is 10.0. The van der Waals surface area contributed by atoms with Crippen molar-refractivity contribution in [3.8, 4) is 0 Å². The van der Waals surface area contributed by atoms with Gasteiger partial charge >= 0.3 is 0 Å². The molecular weight excluding hydrogens is 328 g/mol. The molecular formula is C14H15ClN2O2S2. The number of sulfonamides is 1. The van der Waals surface area contributed by atoms with E-state index >= 15 is 0 Å². The zero-order valence-corrected chi connectivity index (χ0v) is 13.6. The summed E-state index contributed by atoms with van der Waals surface area (Å²) in [5, 5.41) is 5.82. The van der Waals surface area contributed by atoms with Crippen LogP contribution in [0.5, 0.6) is 0 Å². The number of rotatable bonds is 6. The maximum atomic E-state index is 12.3. The molecule has 2 N–H and O–H groups in total. The molecule has 0 aliphatic heterocycles. The molecule has 0 atom stereocenters. The van der Waals surface area contributed by atoms with Crippen molar-refractivity contribution in [1.82, 2.24) is 5.32 Å². The van der Waals surface area contributed by atoms with E-state index < -0.39 is 10.0 Å². The van der Waals surface area contributed by atoms with Crippen molar-refractivity contribution in [2.75, 3.05) is 4.72 Å². The zero-order chi connectivity index (χ0) is 14.9. The van der Waals surface area contributed by atoms with E-state index in [0.29, 0.717) is 21.0 Å². The van der Waals surface area contributed by atoms with Crippen molar-refractivity contribution in [2.45, 2.75) is 29.6 Å². The number of nitrogens with one attached hydrogen (secondary N) is 2. The maximum absolute atomic E-state index is 12.3. The monoisotopic (exact) mass is 342 g/mol. The average molecular weight is 343 g/mol. The van der Waals surface area contributed by atoms with Crippen molar-refractivity contribution in [1.29, 1.82) is 0 Å². The summed E-state index contributed by atoms with van der Waals surface area (Å²) in [5.74, 6) is 0. The van der Waals surface area contributed by atoms with Gasteiger partial charge in [-0.3, -0.25) is 4.72 Å². The van der Waals surface area contributed by atoms with Crippen LogP contribution in [-0.4, -0.2) is 14.5 Å². The summed E-state index contributed by atoms with van der Waals surface area (Å²) >= 11 is 7.02. The molecule has 3 rings (SSSR count). The normalized spacial score (nSPS) is 15.1. The van der Waals surface area contributed by atoms with Crippen LogP contribution in [-0.2, 0) is 16.6 Å². The van der Waals surface area contributed by atoms with Gasteiger partial charge < -0.3 is 5.32 Å². The van der Waals surface area contributed by atoms with Gasteiger partial charge in [0.15, 0.2) is 0 Å². The standard InChI is InChI=1S/C14H15ClN2O2S2/c15-11-1-3-13(4-2-11)17-21(18,19)14-7-10(9-20-14)8-16-12-5-6-12/h1-4,7,9,12,16-17H,5-6,8H2. The average Bonchev–Trinajstić information content (AvgIpc) is 3.15. The molecule has 1 aromatic heterocycles. The van der Waals surface area contributed by atoms with Gasteiger partial charge in [0.2, 0.25) is 0 Å². The molecule has 1 aromatic carbocycles. The number of halogens is 1. The summed E-state index contributed by atoms with van der Waals surface area (Å²) in [5.41, 5.74) is 1.51. The number of hydrogen-bond donors (Lipinski definition) is 2. The Morgan fingerprint density at radius 2 is 1.95 bits per heavy atom. The van der Waals surface area contributed by atoms with Gasteiger partial charge in [-0.15, -0.1) is 11.3 Å². The van der Waals surface area contributed by atoms with Crippen LogP contribution >= 0.6 is 22.9 Å². The third-order valence-electron chi connectivity index (χ3n) is 3.16. The van der Waals surface area contributed by atoms with Gasteiger partial charge in [-0.05, 0) is 54.1 Å². The number of hydrogen-bond acceptors (Lipinski definition) is 4. The topological polar surface area (TPSA) is 58.2 Å². The molecule has 112 valence electrons. The fourth-order valence-electron chi connectivity index (χ4n) is 1.86. The molecule has 1 aliphatic rings. The van der Waals surface area contributed by atoms with E-state index in [1.54, 1.807) is 30.3 Å². The lowest BCUT2D eigenvalue weighted by atomic mass is 10.3. The van der Waals surface area contributed by atoms with Crippen molar-refractivity contribution in [3.05, 3.63) is 46.3 Å². The first kappa shape index (κ1) is 14.8. The molecule has 2 aromatic rings. The fourth-order valence-corrected chi connectivity index (χ4v) is 4.25. The zero-order valence-electron chi connectivity index (χ0n) is 11.2. The highest BCUT2D eigenvalue weighted by Crippen LogP contribution is 2.25. The minimum Gasteiger partial charge on any atom is -0.310 e. The Bertz CT molecular complexity index is 722. The second kappa shape index (κ2) is 5.96. The summed E-state index contributed by atoms with van der Waals surface area (Å²) < 4.78 is 27.5. The Hall–Kier alpha value is -1.08. The molecule has 0 spiro atoms. The van der Waals surface area contributed by atoms with Crippen LogP contribution in [0, 0.1) is 0 Å². The molecule has 1 fully saturated rings.